The first-order chi connectivity index (χ1) is 24.8. The second-order valence-electron chi connectivity index (χ2n) is 12.5. The zero-order valence-electron chi connectivity index (χ0n) is 26.9. The molecule has 0 aliphatic heterocycles. The third-order valence-corrected chi connectivity index (χ3v) is 10.6. The first-order valence-corrected chi connectivity index (χ1v) is 17.5. The molecule has 10 rings (SSSR count). The van der Waals surface area contributed by atoms with Gasteiger partial charge in [-0.25, -0.2) is 15.0 Å². The first kappa shape index (κ1) is 30.6. The van der Waals surface area contributed by atoms with Crippen LogP contribution in [-0.4, -0.2) is 19.5 Å². The molecule has 0 atom stereocenters. The molecule has 5 heteroatoms. The Morgan fingerprint density at radius 1 is 0.353 bits per heavy atom. The molecule has 0 aliphatic rings. The van der Waals surface area contributed by atoms with Crippen LogP contribution in [0.4, 0.5) is 0 Å². The Morgan fingerprint density at radius 3 is 1.47 bits per heavy atom. The van der Waals surface area contributed by atoms with E-state index in [2.05, 4.69) is 114 Å². The molecule has 0 bridgehead atoms. The van der Waals surface area contributed by atoms with E-state index >= 15 is 0 Å². The molecule has 0 spiro atoms. The highest BCUT2D eigenvalue weighted by molar-refractivity contribution is 7.25. The van der Waals surface area contributed by atoms with Crippen molar-refractivity contribution in [3.8, 4) is 51.0 Å². The molecule has 3 heterocycles. The fourth-order valence-corrected chi connectivity index (χ4v) is 8.23. The highest BCUT2D eigenvalue weighted by Crippen LogP contribution is 2.40. The highest BCUT2D eigenvalue weighted by Gasteiger charge is 2.16. The molecule has 10 aromatic rings. The van der Waals surface area contributed by atoms with Crippen LogP contribution in [0.2, 0.25) is 0 Å². The fraction of sp³-hybridized carbons (Fsp3) is 0.0217. The summed E-state index contributed by atoms with van der Waals surface area (Å²) in [4.78, 5) is 14.8. The largest absolute Gasteiger partial charge is 0.309 e. The van der Waals surface area contributed by atoms with Crippen LogP contribution in [0.15, 0.2) is 170 Å². The lowest BCUT2D eigenvalue weighted by Gasteiger charge is -2.08. The summed E-state index contributed by atoms with van der Waals surface area (Å²) in [6, 6.07) is 59.8. The van der Waals surface area contributed by atoms with E-state index < -0.39 is 0 Å². The number of hydrogen-bond acceptors (Lipinski definition) is 4. The van der Waals surface area contributed by atoms with Gasteiger partial charge < -0.3 is 4.57 Å². The van der Waals surface area contributed by atoms with Crippen molar-refractivity contribution in [1.29, 1.82) is 0 Å². The topological polar surface area (TPSA) is 43.6 Å². The van der Waals surface area contributed by atoms with Crippen LogP contribution < -0.4 is 0 Å². The van der Waals surface area contributed by atoms with Crippen LogP contribution in [0.5, 0.6) is 0 Å². The van der Waals surface area contributed by atoms with Crippen molar-refractivity contribution in [2.45, 2.75) is 7.43 Å². The van der Waals surface area contributed by atoms with Gasteiger partial charge in [0.15, 0.2) is 17.5 Å². The van der Waals surface area contributed by atoms with E-state index in [0.29, 0.717) is 17.5 Å². The number of hydrogen-bond donors (Lipinski definition) is 0. The second-order valence-corrected chi connectivity index (χ2v) is 13.6. The van der Waals surface area contributed by atoms with E-state index in [1.807, 2.05) is 72.0 Å². The molecule has 0 saturated heterocycles. The van der Waals surface area contributed by atoms with Crippen molar-refractivity contribution in [1.82, 2.24) is 19.5 Å². The maximum absolute atomic E-state index is 4.96. The maximum Gasteiger partial charge on any atom is 0.164 e. The monoisotopic (exact) mass is 672 g/mol. The van der Waals surface area contributed by atoms with Crippen molar-refractivity contribution >= 4 is 53.3 Å². The SMILES string of the molecule is C.c1ccc(-c2nc(-c3ccccc3)nc(-c3ccc4c(c3)sc3cc(-c5ccc6c(c5)c5ccccc5n6-c5ccccc5)ccc34)n2)cc1. The molecule has 3 aromatic heterocycles. The average molecular weight is 673 g/mol. The molecule has 0 fully saturated rings. The normalized spacial score (nSPS) is 11.4. The molecule has 0 amide bonds. The van der Waals surface area contributed by atoms with Gasteiger partial charge in [0.1, 0.15) is 0 Å². The van der Waals surface area contributed by atoms with Crippen molar-refractivity contribution in [3.63, 3.8) is 0 Å². The number of fused-ring (bicyclic) bond motifs is 6. The van der Waals surface area contributed by atoms with Crippen LogP contribution >= 0.6 is 11.3 Å². The van der Waals surface area contributed by atoms with Gasteiger partial charge in [-0.3, -0.25) is 0 Å². The number of para-hydroxylation sites is 2. The summed E-state index contributed by atoms with van der Waals surface area (Å²) >= 11 is 1.81. The number of benzene rings is 7. The van der Waals surface area contributed by atoms with Crippen LogP contribution in [0.1, 0.15) is 7.43 Å². The Hall–Kier alpha value is -6.43. The van der Waals surface area contributed by atoms with Gasteiger partial charge in [-0.1, -0.05) is 135 Å². The van der Waals surface area contributed by atoms with E-state index in [1.165, 1.54) is 58.8 Å². The van der Waals surface area contributed by atoms with Gasteiger partial charge in [-0.15, -0.1) is 11.3 Å². The number of aromatic nitrogens is 4. The van der Waals surface area contributed by atoms with Gasteiger partial charge >= 0.3 is 0 Å². The minimum absolute atomic E-state index is 0. The van der Waals surface area contributed by atoms with Gasteiger partial charge in [-0.2, -0.15) is 0 Å². The Kier molecular flexibility index (Phi) is 7.49. The van der Waals surface area contributed by atoms with Gasteiger partial charge in [0, 0.05) is 53.3 Å². The molecule has 242 valence electrons. The predicted octanol–water partition coefficient (Wildman–Crippen LogP) is 12.6. The standard InChI is InChI=1S/C45H28N4S.CH4/c1-4-12-29(13-5-1)43-46-44(30-14-6-2-7-15-30)48-45(47-43)33-21-24-37-36-23-20-32(27-41(36)50-42(37)28-33)31-22-25-40-38(26-31)35-18-10-11-19-39(35)49(40)34-16-8-3-9-17-34;/h1-28H;1H4. The third kappa shape index (κ3) is 5.27. The van der Waals surface area contributed by atoms with Crippen molar-refractivity contribution in [2.24, 2.45) is 0 Å². The van der Waals surface area contributed by atoms with E-state index in [-0.39, 0.29) is 7.43 Å². The molecule has 7 aromatic carbocycles. The van der Waals surface area contributed by atoms with Gasteiger partial charge in [0.25, 0.3) is 0 Å². The molecule has 0 N–H and O–H groups in total. The summed E-state index contributed by atoms with van der Waals surface area (Å²) in [5.41, 5.74) is 8.91. The molecular weight excluding hydrogens is 641 g/mol. The minimum atomic E-state index is 0. The minimum Gasteiger partial charge on any atom is -0.309 e. The van der Waals surface area contributed by atoms with E-state index in [0.717, 1.165) is 16.7 Å². The lowest BCUT2D eigenvalue weighted by atomic mass is 10.0. The van der Waals surface area contributed by atoms with Crippen molar-refractivity contribution in [3.05, 3.63) is 170 Å². The highest BCUT2D eigenvalue weighted by atomic mass is 32.1. The third-order valence-electron chi connectivity index (χ3n) is 9.45. The van der Waals surface area contributed by atoms with Gasteiger partial charge in [-0.05, 0) is 53.6 Å². The summed E-state index contributed by atoms with van der Waals surface area (Å²) in [5.74, 6) is 2.00. The average Bonchev–Trinajstić information content (AvgIpc) is 3.73. The molecule has 0 saturated carbocycles. The summed E-state index contributed by atoms with van der Waals surface area (Å²) < 4.78 is 4.82. The number of thiophene rings is 1. The van der Waals surface area contributed by atoms with Gasteiger partial charge in [0.05, 0.1) is 11.0 Å². The quantitative estimate of drug-likeness (QED) is 0.183. The molecule has 0 aliphatic carbocycles. The Balaban J connectivity index is 0.00000348. The fourth-order valence-electron chi connectivity index (χ4n) is 7.04. The van der Waals surface area contributed by atoms with E-state index in [4.69, 9.17) is 15.0 Å². The van der Waals surface area contributed by atoms with E-state index in [9.17, 15) is 0 Å². The zero-order valence-corrected chi connectivity index (χ0v) is 27.7. The van der Waals surface area contributed by atoms with Crippen molar-refractivity contribution in [2.75, 3.05) is 0 Å². The van der Waals surface area contributed by atoms with Crippen LogP contribution in [0.25, 0.3) is 93.0 Å². The summed E-state index contributed by atoms with van der Waals surface area (Å²) in [6.45, 7) is 0. The van der Waals surface area contributed by atoms with E-state index in [1.54, 1.807) is 0 Å². The smallest absolute Gasteiger partial charge is 0.164 e. The summed E-state index contributed by atoms with van der Waals surface area (Å²) in [5, 5.41) is 5.01. The Bertz CT molecular complexity index is 2800. The predicted molar refractivity (Wildman–Crippen MR) is 216 cm³/mol. The van der Waals surface area contributed by atoms with Crippen LogP contribution in [0.3, 0.4) is 0 Å². The zero-order chi connectivity index (χ0) is 33.0. The van der Waals surface area contributed by atoms with Gasteiger partial charge in [0.2, 0.25) is 0 Å². The molecule has 0 radical (unpaired) electrons. The van der Waals surface area contributed by atoms with Crippen LogP contribution in [0, 0.1) is 0 Å². The lowest BCUT2D eigenvalue weighted by Crippen LogP contribution is -1.99. The number of rotatable bonds is 5. The molecule has 0 unspecified atom stereocenters. The molecular formula is C46H32N4S. The number of nitrogens with zero attached hydrogens (tertiary/aromatic N) is 4. The lowest BCUT2D eigenvalue weighted by molar-refractivity contribution is 1.07. The Morgan fingerprint density at radius 2 is 0.824 bits per heavy atom. The van der Waals surface area contributed by atoms with Crippen LogP contribution in [-0.2, 0) is 0 Å². The van der Waals surface area contributed by atoms with Crippen molar-refractivity contribution < 1.29 is 0 Å². The first-order valence-electron chi connectivity index (χ1n) is 16.7. The maximum atomic E-state index is 4.96. The Labute approximate surface area is 300 Å². The summed E-state index contributed by atoms with van der Waals surface area (Å²) in [6.07, 6.45) is 0. The second kappa shape index (κ2) is 12.5. The molecule has 4 nitrogen and oxygen atoms in total. The summed E-state index contributed by atoms with van der Waals surface area (Å²) in [7, 11) is 0. The molecule has 51 heavy (non-hydrogen) atoms.